The smallest absolute Gasteiger partial charge is 0.241 e. The topological polar surface area (TPSA) is 81.4 Å². The molecule has 3 N–H and O–H groups in total. The Morgan fingerprint density at radius 2 is 1.81 bits per heavy atom. The summed E-state index contributed by atoms with van der Waals surface area (Å²) in [4.78, 5) is 0.128. The Kier molecular flexibility index (Phi) is 4.67. The lowest BCUT2D eigenvalue weighted by Gasteiger charge is -2.36. The van der Waals surface area contributed by atoms with Gasteiger partial charge >= 0.3 is 0 Å². The Morgan fingerprint density at radius 1 is 1.29 bits per heavy atom. The van der Waals surface area contributed by atoms with Crippen LogP contribution in [-0.2, 0) is 14.8 Å². The van der Waals surface area contributed by atoms with Crippen molar-refractivity contribution in [3.05, 3.63) is 29.1 Å². The van der Waals surface area contributed by atoms with Crippen LogP contribution in [-0.4, -0.2) is 33.7 Å². The highest BCUT2D eigenvalue weighted by molar-refractivity contribution is 7.89. The Hall–Kier alpha value is -1.02. The van der Waals surface area contributed by atoms with E-state index in [1.165, 1.54) is 12.1 Å². The molecule has 0 atom stereocenters. The first-order valence-electron chi connectivity index (χ1n) is 6.88. The van der Waals surface area contributed by atoms with Crippen molar-refractivity contribution in [2.24, 2.45) is 5.73 Å². The highest BCUT2D eigenvalue weighted by Crippen LogP contribution is 2.26. The molecule has 0 aromatic heterocycles. The minimum absolute atomic E-state index is 0.128. The van der Waals surface area contributed by atoms with Crippen molar-refractivity contribution in [2.75, 3.05) is 19.8 Å². The first kappa shape index (κ1) is 16.4. The van der Waals surface area contributed by atoms with E-state index in [1.807, 2.05) is 0 Å². The predicted octanol–water partition coefficient (Wildman–Crippen LogP) is 1.23. The largest absolute Gasteiger partial charge is 0.381 e. The summed E-state index contributed by atoms with van der Waals surface area (Å²) in [6.07, 6.45) is 1.06. The summed E-state index contributed by atoms with van der Waals surface area (Å²) in [7, 11) is -3.76. The number of halogens is 1. The van der Waals surface area contributed by atoms with Crippen molar-refractivity contribution in [2.45, 2.75) is 37.1 Å². The van der Waals surface area contributed by atoms with Gasteiger partial charge in [-0.25, -0.2) is 17.5 Å². The van der Waals surface area contributed by atoms with E-state index in [1.54, 1.807) is 13.8 Å². The number of ether oxygens (including phenoxy) is 1. The second kappa shape index (κ2) is 6.00. The molecule has 1 saturated heterocycles. The van der Waals surface area contributed by atoms with Gasteiger partial charge in [0.2, 0.25) is 10.0 Å². The van der Waals surface area contributed by atoms with E-state index in [0.717, 1.165) is 0 Å². The summed E-state index contributed by atoms with van der Waals surface area (Å²) < 4.78 is 46.7. The molecule has 0 spiro atoms. The minimum atomic E-state index is -3.76. The van der Waals surface area contributed by atoms with E-state index in [9.17, 15) is 12.8 Å². The number of benzene rings is 1. The summed E-state index contributed by atoms with van der Waals surface area (Å²) in [5, 5.41) is 0. The number of aryl methyl sites for hydroxylation is 2. The fraction of sp³-hybridized carbons (Fsp3) is 0.571. The average molecular weight is 316 g/mol. The lowest BCUT2D eigenvalue weighted by Crippen LogP contribution is -2.56. The minimum Gasteiger partial charge on any atom is -0.381 e. The van der Waals surface area contributed by atoms with Crippen molar-refractivity contribution in [3.63, 3.8) is 0 Å². The van der Waals surface area contributed by atoms with Gasteiger partial charge in [-0.3, -0.25) is 0 Å². The van der Waals surface area contributed by atoms with Crippen molar-refractivity contribution in [1.82, 2.24) is 4.72 Å². The molecule has 1 aliphatic heterocycles. The molecule has 0 bridgehead atoms. The molecular formula is C14H21FN2O3S. The van der Waals surface area contributed by atoms with Gasteiger partial charge in [-0.05, 0) is 49.9 Å². The Balaban J connectivity index is 2.38. The number of nitrogens with one attached hydrogen (secondary N) is 1. The second-order valence-electron chi connectivity index (χ2n) is 5.57. The number of nitrogens with two attached hydrogens (primary N) is 1. The summed E-state index contributed by atoms with van der Waals surface area (Å²) in [6, 6.07) is 2.45. The SMILES string of the molecule is Cc1cc(F)cc(C)c1S(=O)(=O)NC1(CN)CCOCC1. The number of hydrogen-bond acceptors (Lipinski definition) is 4. The third kappa shape index (κ3) is 3.42. The van der Waals surface area contributed by atoms with Gasteiger partial charge in [0.15, 0.2) is 0 Å². The molecule has 0 amide bonds. The van der Waals surface area contributed by atoms with Gasteiger partial charge < -0.3 is 10.5 Å². The molecule has 1 aromatic carbocycles. The summed E-state index contributed by atoms with van der Waals surface area (Å²) in [5.74, 6) is -0.441. The number of rotatable bonds is 4. The maximum absolute atomic E-state index is 13.3. The highest BCUT2D eigenvalue weighted by atomic mass is 32.2. The van der Waals surface area contributed by atoms with Crippen molar-refractivity contribution in [3.8, 4) is 0 Å². The first-order valence-corrected chi connectivity index (χ1v) is 8.36. The molecule has 0 aliphatic carbocycles. The van der Waals surface area contributed by atoms with Crippen LogP contribution in [0.1, 0.15) is 24.0 Å². The van der Waals surface area contributed by atoms with E-state index in [2.05, 4.69) is 4.72 Å². The molecule has 118 valence electrons. The Bertz CT molecular complexity index is 602. The zero-order valence-electron chi connectivity index (χ0n) is 12.3. The molecule has 1 heterocycles. The summed E-state index contributed by atoms with van der Waals surface area (Å²) >= 11 is 0. The van der Waals surface area contributed by atoms with Crippen LogP contribution in [0.25, 0.3) is 0 Å². The van der Waals surface area contributed by atoms with Crippen LogP contribution in [0.15, 0.2) is 17.0 Å². The average Bonchev–Trinajstić information content (AvgIpc) is 2.37. The van der Waals surface area contributed by atoms with Crippen LogP contribution in [0.4, 0.5) is 4.39 Å². The van der Waals surface area contributed by atoms with E-state index in [0.29, 0.717) is 37.2 Å². The first-order chi connectivity index (χ1) is 9.80. The second-order valence-corrected chi connectivity index (χ2v) is 7.19. The Morgan fingerprint density at radius 3 is 2.29 bits per heavy atom. The summed E-state index contributed by atoms with van der Waals surface area (Å²) in [6.45, 7) is 4.32. The van der Waals surface area contributed by atoms with E-state index in [4.69, 9.17) is 10.5 Å². The van der Waals surface area contributed by atoms with Crippen LogP contribution < -0.4 is 10.5 Å². The van der Waals surface area contributed by atoms with Crippen LogP contribution >= 0.6 is 0 Å². The quantitative estimate of drug-likeness (QED) is 0.875. The van der Waals surface area contributed by atoms with Gasteiger partial charge in [-0.2, -0.15) is 0 Å². The molecule has 2 rings (SSSR count). The zero-order chi connectivity index (χ0) is 15.7. The highest BCUT2D eigenvalue weighted by Gasteiger charge is 2.36. The third-order valence-corrected chi connectivity index (χ3v) is 5.77. The fourth-order valence-electron chi connectivity index (χ4n) is 2.77. The molecule has 0 radical (unpaired) electrons. The van der Waals surface area contributed by atoms with Gasteiger partial charge in [-0.1, -0.05) is 0 Å². The maximum atomic E-state index is 13.3. The Labute approximate surface area is 124 Å². The van der Waals surface area contributed by atoms with Crippen molar-refractivity contribution >= 4 is 10.0 Å². The fourth-order valence-corrected chi connectivity index (χ4v) is 4.69. The molecule has 5 nitrogen and oxygen atoms in total. The van der Waals surface area contributed by atoms with Crippen LogP contribution in [0, 0.1) is 19.7 Å². The maximum Gasteiger partial charge on any atom is 0.241 e. The van der Waals surface area contributed by atoms with Crippen LogP contribution in [0.5, 0.6) is 0 Å². The summed E-state index contributed by atoms with van der Waals surface area (Å²) in [5.41, 5.74) is 5.87. The van der Waals surface area contributed by atoms with Gasteiger partial charge in [0.25, 0.3) is 0 Å². The van der Waals surface area contributed by atoms with Gasteiger partial charge in [0.05, 0.1) is 4.90 Å². The molecule has 1 aromatic rings. The molecule has 0 saturated carbocycles. The van der Waals surface area contributed by atoms with Crippen LogP contribution in [0.2, 0.25) is 0 Å². The van der Waals surface area contributed by atoms with Gasteiger partial charge in [0.1, 0.15) is 5.82 Å². The number of hydrogen-bond donors (Lipinski definition) is 2. The number of sulfonamides is 1. The molecular weight excluding hydrogens is 295 g/mol. The van der Waals surface area contributed by atoms with E-state index in [-0.39, 0.29) is 11.4 Å². The normalized spacial score (nSPS) is 18.7. The van der Waals surface area contributed by atoms with E-state index < -0.39 is 21.4 Å². The lowest BCUT2D eigenvalue weighted by molar-refractivity contribution is 0.0502. The van der Waals surface area contributed by atoms with E-state index >= 15 is 0 Å². The standard InChI is InChI=1S/C14H21FN2O3S/c1-10-7-12(15)8-11(2)13(10)21(18,19)17-14(9-16)3-5-20-6-4-14/h7-8,17H,3-6,9,16H2,1-2H3. The van der Waals surface area contributed by atoms with Crippen LogP contribution in [0.3, 0.4) is 0 Å². The van der Waals surface area contributed by atoms with Crippen molar-refractivity contribution in [1.29, 1.82) is 0 Å². The molecule has 21 heavy (non-hydrogen) atoms. The molecule has 1 aliphatic rings. The zero-order valence-corrected chi connectivity index (χ0v) is 13.1. The monoisotopic (exact) mass is 316 g/mol. The molecule has 7 heteroatoms. The van der Waals surface area contributed by atoms with Gasteiger partial charge in [-0.15, -0.1) is 0 Å². The van der Waals surface area contributed by atoms with Crippen molar-refractivity contribution < 1.29 is 17.5 Å². The van der Waals surface area contributed by atoms with Gasteiger partial charge in [0, 0.05) is 25.3 Å². The predicted molar refractivity (Wildman–Crippen MR) is 78.0 cm³/mol. The molecule has 0 unspecified atom stereocenters. The third-order valence-electron chi connectivity index (χ3n) is 3.89. The lowest BCUT2D eigenvalue weighted by atomic mass is 9.92. The molecule has 1 fully saturated rings.